The predicted octanol–water partition coefficient (Wildman–Crippen LogP) is 4.02. The van der Waals surface area contributed by atoms with Crippen molar-refractivity contribution in [3.63, 3.8) is 0 Å². The molecule has 0 bridgehead atoms. The Hall–Kier alpha value is -3.29. The topological polar surface area (TPSA) is 77.1 Å². The van der Waals surface area contributed by atoms with E-state index in [1.807, 2.05) is 18.3 Å². The minimum absolute atomic E-state index is 0.00391. The lowest BCUT2D eigenvalue weighted by molar-refractivity contribution is 0.0949. The van der Waals surface area contributed by atoms with Crippen molar-refractivity contribution in [1.29, 1.82) is 0 Å². The Morgan fingerprint density at radius 3 is 2.58 bits per heavy atom. The number of aryl methyl sites for hydroxylation is 1. The van der Waals surface area contributed by atoms with Gasteiger partial charge in [-0.25, -0.2) is 4.98 Å². The number of nitrogens with zero attached hydrogens (tertiary/aromatic N) is 4. The molecule has 6 rings (SSSR count). The van der Waals surface area contributed by atoms with Crippen LogP contribution in [0.5, 0.6) is 0 Å². The van der Waals surface area contributed by atoms with E-state index in [1.54, 1.807) is 0 Å². The first kappa shape index (κ1) is 23.1. The molecule has 0 saturated carbocycles. The van der Waals surface area contributed by atoms with Crippen LogP contribution in [0.1, 0.15) is 40.7 Å². The Kier molecular flexibility index (Phi) is 6.42. The van der Waals surface area contributed by atoms with Crippen molar-refractivity contribution < 1.29 is 4.79 Å². The number of aromatic nitrogens is 3. The van der Waals surface area contributed by atoms with E-state index < -0.39 is 0 Å². The Bertz CT molecular complexity index is 1380. The van der Waals surface area contributed by atoms with Crippen molar-refractivity contribution in [3.05, 3.63) is 59.3 Å². The second kappa shape index (κ2) is 9.99. The third-order valence-electron chi connectivity index (χ3n) is 7.84. The minimum atomic E-state index is -0.00391. The number of pyridine rings is 1. The molecular weight excluding hydrogens is 448 g/mol. The minimum Gasteiger partial charge on any atom is -0.352 e. The van der Waals surface area contributed by atoms with E-state index in [-0.39, 0.29) is 5.91 Å². The Balaban J connectivity index is 1.18. The van der Waals surface area contributed by atoms with Crippen LogP contribution >= 0.6 is 0 Å². The molecule has 1 saturated heterocycles. The summed E-state index contributed by atoms with van der Waals surface area (Å²) in [5.41, 5.74) is 7.67. The van der Waals surface area contributed by atoms with Gasteiger partial charge < -0.3 is 15.1 Å². The van der Waals surface area contributed by atoms with E-state index in [9.17, 15) is 4.79 Å². The van der Waals surface area contributed by atoms with Gasteiger partial charge in [0.15, 0.2) is 0 Å². The first-order chi connectivity index (χ1) is 17.7. The highest BCUT2D eigenvalue weighted by atomic mass is 16.1. The smallest absolute Gasteiger partial charge is 0.251 e. The molecule has 1 aliphatic heterocycles. The normalized spacial score (nSPS) is 16.9. The van der Waals surface area contributed by atoms with Crippen LogP contribution in [0.2, 0.25) is 0 Å². The third kappa shape index (κ3) is 4.49. The van der Waals surface area contributed by atoms with Gasteiger partial charge in [0.1, 0.15) is 0 Å². The maximum Gasteiger partial charge on any atom is 0.251 e. The van der Waals surface area contributed by atoms with Gasteiger partial charge >= 0.3 is 0 Å². The number of carbonyl (C=O) groups is 1. The van der Waals surface area contributed by atoms with Gasteiger partial charge in [0.25, 0.3) is 5.91 Å². The second-order valence-electron chi connectivity index (χ2n) is 10.2. The zero-order chi connectivity index (χ0) is 24.5. The van der Waals surface area contributed by atoms with E-state index in [4.69, 9.17) is 4.98 Å². The molecule has 1 amide bonds. The van der Waals surface area contributed by atoms with Crippen LogP contribution in [0.3, 0.4) is 0 Å². The summed E-state index contributed by atoms with van der Waals surface area (Å²) in [6.07, 6.45) is 7.39. The number of amides is 1. The molecule has 1 aliphatic carbocycles. The number of fused-ring (bicyclic) bond motifs is 5. The van der Waals surface area contributed by atoms with E-state index in [2.05, 4.69) is 56.6 Å². The fourth-order valence-corrected chi connectivity index (χ4v) is 5.74. The lowest BCUT2D eigenvalue weighted by Gasteiger charge is -2.32. The molecule has 7 nitrogen and oxygen atoms in total. The van der Waals surface area contributed by atoms with E-state index in [0.717, 1.165) is 79.7 Å². The molecule has 1 fully saturated rings. The Morgan fingerprint density at radius 2 is 1.78 bits per heavy atom. The van der Waals surface area contributed by atoms with Crippen molar-refractivity contribution >= 4 is 27.7 Å². The van der Waals surface area contributed by atoms with Crippen molar-refractivity contribution in [2.75, 3.05) is 46.3 Å². The average molecular weight is 483 g/mol. The van der Waals surface area contributed by atoms with Crippen molar-refractivity contribution in [3.8, 4) is 11.3 Å². The van der Waals surface area contributed by atoms with Gasteiger partial charge in [0.2, 0.25) is 0 Å². The van der Waals surface area contributed by atoms with Gasteiger partial charge in [-0.15, -0.1) is 0 Å². The molecule has 0 spiro atoms. The van der Waals surface area contributed by atoms with Gasteiger partial charge in [-0.05, 0) is 81.1 Å². The van der Waals surface area contributed by atoms with Crippen LogP contribution in [-0.4, -0.2) is 77.2 Å². The summed E-state index contributed by atoms with van der Waals surface area (Å²) in [6, 6.07) is 12.1. The highest BCUT2D eigenvalue weighted by molar-refractivity contribution is 6.07. The number of H-pyrrole nitrogens is 1. The first-order valence-electron chi connectivity index (χ1n) is 13.2. The first-order valence-corrected chi connectivity index (χ1v) is 13.2. The zero-order valence-corrected chi connectivity index (χ0v) is 21.0. The largest absolute Gasteiger partial charge is 0.352 e. The monoisotopic (exact) mass is 482 g/mol. The lowest BCUT2D eigenvalue weighted by Crippen LogP contribution is -2.45. The van der Waals surface area contributed by atoms with E-state index in [1.165, 1.54) is 29.4 Å². The summed E-state index contributed by atoms with van der Waals surface area (Å²) in [7, 11) is 2.17. The summed E-state index contributed by atoms with van der Waals surface area (Å²) < 4.78 is 0. The molecule has 36 heavy (non-hydrogen) atoms. The summed E-state index contributed by atoms with van der Waals surface area (Å²) in [4.78, 5) is 22.7. The van der Waals surface area contributed by atoms with Gasteiger partial charge in [0, 0.05) is 54.6 Å². The van der Waals surface area contributed by atoms with E-state index >= 15 is 0 Å². The second-order valence-corrected chi connectivity index (χ2v) is 10.2. The molecule has 0 atom stereocenters. The number of hydrogen-bond acceptors (Lipinski definition) is 5. The molecular formula is C29H34N6O. The number of benzene rings is 2. The summed E-state index contributed by atoms with van der Waals surface area (Å²) in [5.74, 6) is -0.00391. The van der Waals surface area contributed by atoms with Gasteiger partial charge in [-0.3, -0.25) is 9.89 Å². The molecule has 2 aromatic carbocycles. The molecule has 7 heteroatoms. The van der Waals surface area contributed by atoms with E-state index in [0.29, 0.717) is 12.1 Å². The molecule has 2 aromatic heterocycles. The SMILES string of the molecule is CN1CCN(CCCNC(=O)c2ccc(-c3nc4ccc5[nH]ncc5c4c4c3CCCC4)cc2)CC1. The number of aromatic amines is 1. The van der Waals surface area contributed by atoms with Crippen LogP contribution < -0.4 is 5.32 Å². The Morgan fingerprint density at radius 1 is 1.00 bits per heavy atom. The summed E-state index contributed by atoms with van der Waals surface area (Å²) in [5, 5.41) is 12.9. The maximum absolute atomic E-state index is 12.7. The number of rotatable bonds is 6. The van der Waals surface area contributed by atoms with Crippen molar-refractivity contribution in [1.82, 2.24) is 30.3 Å². The van der Waals surface area contributed by atoms with Crippen LogP contribution in [0.25, 0.3) is 33.1 Å². The van der Waals surface area contributed by atoms with Crippen LogP contribution in [0.4, 0.5) is 0 Å². The van der Waals surface area contributed by atoms with Crippen molar-refractivity contribution in [2.45, 2.75) is 32.1 Å². The number of carbonyl (C=O) groups excluding carboxylic acids is 1. The highest BCUT2D eigenvalue weighted by Crippen LogP contribution is 2.37. The molecule has 186 valence electrons. The van der Waals surface area contributed by atoms with Gasteiger partial charge in [-0.1, -0.05) is 12.1 Å². The predicted molar refractivity (Wildman–Crippen MR) is 144 cm³/mol. The Labute approximate surface area is 211 Å². The summed E-state index contributed by atoms with van der Waals surface area (Å²) >= 11 is 0. The zero-order valence-electron chi connectivity index (χ0n) is 21.0. The standard InChI is InChI=1S/C29H34N6O/c1-34-15-17-35(18-16-34)14-4-13-30-29(36)21-9-7-20(8-10-21)28-23-6-3-2-5-22(23)27-24-19-31-33-25(24)11-12-26(27)32-28/h7-12,19H,2-6,13-18H2,1H3,(H,30,36)(H,31,33). The molecule has 2 aliphatic rings. The molecule has 0 radical (unpaired) electrons. The van der Waals surface area contributed by atoms with Crippen LogP contribution in [-0.2, 0) is 12.8 Å². The fraction of sp³-hybridized carbons (Fsp3) is 0.414. The van der Waals surface area contributed by atoms with Gasteiger partial charge in [-0.2, -0.15) is 5.10 Å². The average Bonchev–Trinajstić information content (AvgIpc) is 3.41. The fourth-order valence-electron chi connectivity index (χ4n) is 5.74. The number of nitrogens with one attached hydrogen (secondary N) is 2. The molecule has 3 heterocycles. The maximum atomic E-state index is 12.7. The summed E-state index contributed by atoms with van der Waals surface area (Å²) in [6.45, 7) is 6.23. The quantitative estimate of drug-likeness (QED) is 0.406. The van der Waals surface area contributed by atoms with Crippen molar-refractivity contribution in [2.24, 2.45) is 0 Å². The molecule has 4 aromatic rings. The number of piperazine rings is 1. The highest BCUT2D eigenvalue weighted by Gasteiger charge is 2.21. The lowest BCUT2D eigenvalue weighted by atomic mass is 9.85. The van der Waals surface area contributed by atoms with Crippen LogP contribution in [0.15, 0.2) is 42.6 Å². The molecule has 0 unspecified atom stereocenters. The van der Waals surface area contributed by atoms with Gasteiger partial charge in [0.05, 0.1) is 22.9 Å². The van der Waals surface area contributed by atoms with Crippen LogP contribution in [0, 0.1) is 0 Å². The number of likely N-dealkylation sites (N-methyl/N-ethyl adjacent to an activating group) is 1. The third-order valence-corrected chi connectivity index (χ3v) is 7.84. The number of hydrogen-bond donors (Lipinski definition) is 2. The molecule has 2 N–H and O–H groups in total.